The quantitative estimate of drug-likeness (QED) is 0.810. The number of nitrogens with zero attached hydrogens (tertiary/aromatic N) is 1. The summed E-state index contributed by atoms with van der Waals surface area (Å²) in [6, 6.07) is 0.850. The van der Waals surface area contributed by atoms with Gasteiger partial charge in [0, 0.05) is 12.6 Å². The fourth-order valence-corrected chi connectivity index (χ4v) is 3.81. The predicted octanol–water partition coefficient (Wildman–Crippen LogP) is 2.89. The van der Waals surface area contributed by atoms with E-state index in [2.05, 4.69) is 31.0 Å². The molecule has 0 amide bonds. The molecule has 0 bridgehead atoms. The molecule has 100 valence electrons. The second kappa shape index (κ2) is 5.71. The third kappa shape index (κ3) is 3.23. The van der Waals surface area contributed by atoms with Crippen LogP contribution in [0.4, 0.5) is 0 Å². The molecule has 2 atom stereocenters. The average Bonchev–Trinajstić information content (AvgIpc) is 2.74. The summed E-state index contributed by atoms with van der Waals surface area (Å²) in [5.41, 5.74) is 0.547. The second-order valence-corrected chi connectivity index (χ2v) is 6.71. The molecule has 1 saturated heterocycles. The van der Waals surface area contributed by atoms with Gasteiger partial charge in [0.25, 0.3) is 0 Å². The number of rotatable bonds is 4. The number of likely N-dealkylation sites (tertiary alicyclic amines) is 1. The van der Waals surface area contributed by atoms with E-state index in [-0.39, 0.29) is 0 Å². The molecule has 2 unspecified atom stereocenters. The topological polar surface area (TPSA) is 15.3 Å². The lowest BCUT2D eigenvalue weighted by Gasteiger charge is -2.44. The highest BCUT2D eigenvalue weighted by Gasteiger charge is 2.38. The van der Waals surface area contributed by atoms with Gasteiger partial charge in [-0.05, 0) is 50.2 Å². The van der Waals surface area contributed by atoms with E-state index in [4.69, 9.17) is 0 Å². The fraction of sp³-hybridized carbons (Fsp3) is 1.00. The van der Waals surface area contributed by atoms with Gasteiger partial charge in [-0.25, -0.2) is 0 Å². The molecule has 1 aliphatic heterocycles. The SMILES string of the molecule is CCNCC1CCN(C2CCCCC2(C)C)C1. The van der Waals surface area contributed by atoms with Gasteiger partial charge in [-0.2, -0.15) is 0 Å². The van der Waals surface area contributed by atoms with Crippen LogP contribution in [0, 0.1) is 11.3 Å². The van der Waals surface area contributed by atoms with Crippen LogP contribution in [-0.4, -0.2) is 37.1 Å². The van der Waals surface area contributed by atoms with E-state index < -0.39 is 0 Å². The zero-order valence-corrected chi connectivity index (χ0v) is 12.0. The lowest BCUT2D eigenvalue weighted by atomic mass is 9.72. The highest BCUT2D eigenvalue weighted by Crippen LogP contribution is 2.40. The van der Waals surface area contributed by atoms with E-state index >= 15 is 0 Å². The van der Waals surface area contributed by atoms with Crippen LogP contribution in [0.2, 0.25) is 0 Å². The van der Waals surface area contributed by atoms with Crippen LogP contribution in [0.15, 0.2) is 0 Å². The van der Waals surface area contributed by atoms with Crippen LogP contribution in [-0.2, 0) is 0 Å². The Morgan fingerprint density at radius 1 is 1.24 bits per heavy atom. The van der Waals surface area contributed by atoms with Gasteiger partial charge in [0.2, 0.25) is 0 Å². The second-order valence-electron chi connectivity index (χ2n) is 6.71. The molecular weight excluding hydrogens is 208 g/mol. The summed E-state index contributed by atoms with van der Waals surface area (Å²) in [6.07, 6.45) is 7.15. The lowest BCUT2D eigenvalue weighted by Crippen LogP contribution is -2.46. The van der Waals surface area contributed by atoms with Crippen molar-refractivity contribution in [2.75, 3.05) is 26.2 Å². The summed E-state index contributed by atoms with van der Waals surface area (Å²) in [4.78, 5) is 2.79. The molecule has 0 spiro atoms. The maximum atomic E-state index is 3.51. The summed E-state index contributed by atoms with van der Waals surface area (Å²) in [5.74, 6) is 0.896. The van der Waals surface area contributed by atoms with Gasteiger partial charge in [0.15, 0.2) is 0 Å². The van der Waals surface area contributed by atoms with Gasteiger partial charge >= 0.3 is 0 Å². The highest BCUT2D eigenvalue weighted by atomic mass is 15.2. The maximum absolute atomic E-state index is 3.51. The van der Waals surface area contributed by atoms with E-state index in [9.17, 15) is 0 Å². The van der Waals surface area contributed by atoms with Gasteiger partial charge in [0.05, 0.1) is 0 Å². The lowest BCUT2D eigenvalue weighted by molar-refractivity contribution is 0.0638. The molecule has 0 aromatic carbocycles. The van der Waals surface area contributed by atoms with Crippen LogP contribution >= 0.6 is 0 Å². The van der Waals surface area contributed by atoms with E-state index in [1.54, 1.807) is 0 Å². The van der Waals surface area contributed by atoms with E-state index in [0.29, 0.717) is 5.41 Å². The Morgan fingerprint density at radius 3 is 2.76 bits per heavy atom. The van der Waals surface area contributed by atoms with E-state index in [1.165, 1.54) is 51.7 Å². The Labute approximate surface area is 107 Å². The third-order valence-electron chi connectivity index (χ3n) is 4.89. The minimum absolute atomic E-state index is 0.547. The molecule has 0 radical (unpaired) electrons. The molecule has 1 heterocycles. The first kappa shape index (κ1) is 13.4. The predicted molar refractivity (Wildman–Crippen MR) is 74.3 cm³/mol. The molecule has 2 aliphatic rings. The first-order chi connectivity index (χ1) is 8.13. The largest absolute Gasteiger partial charge is 0.317 e. The van der Waals surface area contributed by atoms with Crippen molar-refractivity contribution in [3.05, 3.63) is 0 Å². The molecule has 2 rings (SSSR count). The Bertz CT molecular complexity index is 237. The zero-order chi connectivity index (χ0) is 12.3. The molecular formula is C15H30N2. The molecule has 1 aliphatic carbocycles. The first-order valence-corrected chi connectivity index (χ1v) is 7.58. The first-order valence-electron chi connectivity index (χ1n) is 7.58. The minimum Gasteiger partial charge on any atom is -0.317 e. The van der Waals surface area contributed by atoms with Crippen LogP contribution in [0.5, 0.6) is 0 Å². The molecule has 0 aromatic rings. The van der Waals surface area contributed by atoms with E-state index in [1.807, 2.05) is 0 Å². The van der Waals surface area contributed by atoms with Crippen LogP contribution in [0.1, 0.15) is 52.9 Å². The number of hydrogen-bond donors (Lipinski definition) is 1. The summed E-state index contributed by atoms with van der Waals surface area (Å²) in [6.45, 7) is 12.2. The van der Waals surface area contributed by atoms with Gasteiger partial charge in [-0.3, -0.25) is 4.90 Å². The summed E-state index contributed by atoms with van der Waals surface area (Å²) >= 11 is 0. The smallest absolute Gasteiger partial charge is 0.0146 e. The molecule has 1 saturated carbocycles. The van der Waals surface area contributed by atoms with Crippen LogP contribution in [0.3, 0.4) is 0 Å². The van der Waals surface area contributed by atoms with Gasteiger partial charge in [0.1, 0.15) is 0 Å². The van der Waals surface area contributed by atoms with Crippen molar-refractivity contribution in [1.82, 2.24) is 10.2 Å². The van der Waals surface area contributed by atoms with Crippen molar-refractivity contribution < 1.29 is 0 Å². The van der Waals surface area contributed by atoms with Crippen LogP contribution < -0.4 is 5.32 Å². The van der Waals surface area contributed by atoms with Gasteiger partial charge in [-0.15, -0.1) is 0 Å². The van der Waals surface area contributed by atoms with Crippen molar-refractivity contribution in [3.63, 3.8) is 0 Å². The Balaban J connectivity index is 1.86. The Morgan fingerprint density at radius 2 is 2.06 bits per heavy atom. The Kier molecular flexibility index (Phi) is 4.48. The summed E-state index contributed by atoms with van der Waals surface area (Å²) in [7, 11) is 0. The van der Waals surface area contributed by atoms with Gasteiger partial charge < -0.3 is 5.32 Å². The number of hydrogen-bond acceptors (Lipinski definition) is 2. The van der Waals surface area contributed by atoms with Gasteiger partial charge in [-0.1, -0.05) is 33.6 Å². The van der Waals surface area contributed by atoms with Crippen molar-refractivity contribution in [2.45, 2.75) is 58.9 Å². The number of nitrogens with one attached hydrogen (secondary N) is 1. The van der Waals surface area contributed by atoms with Crippen molar-refractivity contribution in [1.29, 1.82) is 0 Å². The van der Waals surface area contributed by atoms with E-state index in [0.717, 1.165) is 18.5 Å². The fourth-order valence-electron chi connectivity index (χ4n) is 3.81. The summed E-state index contributed by atoms with van der Waals surface area (Å²) < 4.78 is 0. The van der Waals surface area contributed by atoms with Crippen LogP contribution in [0.25, 0.3) is 0 Å². The zero-order valence-electron chi connectivity index (χ0n) is 12.0. The molecule has 2 nitrogen and oxygen atoms in total. The minimum atomic E-state index is 0.547. The van der Waals surface area contributed by atoms with Crippen molar-refractivity contribution in [3.8, 4) is 0 Å². The Hall–Kier alpha value is -0.0800. The highest BCUT2D eigenvalue weighted by molar-refractivity contribution is 4.93. The molecule has 0 aromatic heterocycles. The van der Waals surface area contributed by atoms with Crippen molar-refractivity contribution in [2.24, 2.45) is 11.3 Å². The molecule has 2 fully saturated rings. The molecule has 2 heteroatoms. The average molecular weight is 238 g/mol. The maximum Gasteiger partial charge on any atom is 0.0146 e. The monoisotopic (exact) mass is 238 g/mol. The standard InChI is InChI=1S/C15H30N2/c1-4-16-11-13-8-10-17(12-13)14-7-5-6-9-15(14,2)3/h13-14,16H,4-12H2,1-3H3. The normalized spacial score (nSPS) is 34.1. The molecule has 17 heavy (non-hydrogen) atoms. The molecule has 1 N–H and O–H groups in total. The van der Waals surface area contributed by atoms with Crippen molar-refractivity contribution >= 4 is 0 Å². The third-order valence-corrected chi connectivity index (χ3v) is 4.89. The summed E-state index contributed by atoms with van der Waals surface area (Å²) in [5, 5.41) is 3.51.